The van der Waals surface area contributed by atoms with Crippen LogP contribution in [0.1, 0.15) is 42.5 Å². The van der Waals surface area contributed by atoms with Crippen LogP contribution in [-0.2, 0) is 29.0 Å². The molecular weight excluding hydrogens is 464 g/mol. The smallest absolute Gasteiger partial charge is 0.242 e. The van der Waals surface area contributed by atoms with Gasteiger partial charge < -0.3 is 19.7 Å². The van der Waals surface area contributed by atoms with E-state index in [2.05, 4.69) is 11.4 Å². The molecule has 3 aromatic carbocycles. The van der Waals surface area contributed by atoms with Crippen LogP contribution in [0, 0.1) is 6.92 Å². The van der Waals surface area contributed by atoms with Gasteiger partial charge in [0.2, 0.25) is 11.8 Å². The van der Waals surface area contributed by atoms with Gasteiger partial charge >= 0.3 is 0 Å². The lowest BCUT2D eigenvalue weighted by Crippen LogP contribution is -2.49. The van der Waals surface area contributed by atoms with Crippen LogP contribution in [0.4, 0.5) is 0 Å². The van der Waals surface area contributed by atoms with Gasteiger partial charge in [-0.15, -0.1) is 0 Å². The molecule has 37 heavy (non-hydrogen) atoms. The Morgan fingerprint density at radius 3 is 2.22 bits per heavy atom. The Morgan fingerprint density at radius 1 is 0.838 bits per heavy atom. The van der Waals surface area contributed by atoms with Crippen LogP contribution in [0.5, 0.6) is 11.5 Å². The Balaban J connectivity index is 1.86. The van der Waals surface area contributed by atoms with Crippen molar-refractivity contribution in [3.8, 4) is 11.5 Å². The second-order valence-corrected chi connectivity index (χ2v) is 8.98. The number of hydrogen-bond acceptors (Lipinski definition) is 4. The third kappa shape index (κ3) is 8.10. The molecule has 0 saturated heterocycles. The van der Waals surface area contributed by atoms with E-state index in [-0.39, 0.29) is 18.2 Å². The highest BCUT2D eigenvalue weighted by Crippen LogP contribution is 2.29. The lowest BCUT2D eigenvalue weighted by molar-refractivity contribution is -0.141. The van der Waals surface area contributed by atoms with Gasteiger partial charge in [0.1, 0.15) is 6.04 Å². The highest BCUT2D eigenvalue weighted by molar-refractivity contribution is 5.88. The maximum Gasteiger partial charge on any atom is 0.242 e. The van der Waals surface area contributed by atoms with Crippen molar-refractivity contribution < 1.29 is 19.1 Å². The van der Waals surface area contributed by atoms with Gasteiger partial charge in [0.05, 0.1) is 13.2 Å². The topological polar surface area (TPSA) is 67.9 Å². The summed E-state index contributed by atoms with van der Waals surface area (Å²) in [6.45, 7) is 7.33. The molecule has 0 unspecified atom stereocenters. The first-order valence-corrected chi connectivity index (χ1v) is 12.9. The maximum absolute atomic E-state index is 13.7. The summed E-state index contributed by atoms with van der Waals surface area (Å²) in [5.41, 5.74) is 4.10. The molecule has 0 bridgehead atoms. The van der Waals surface area contributed by atoms with E-state index in [1.54, 1.807) is 11.9 Å². The number of nitrogens with one attached hydrogen (secondary N) is 1. The summed E-state index contributed by atoms with van der Waals surface area (Å²) >= 11 is 0. The second kappa shape index (κ2) is 14.1. The molecule has 0 aromatic heterocycles. The van der Waals surface area contributed by atoms with Gasteiger partial charge in [-0.05, 0) is 56.0 Å². The van der Waals surface area contributed by atoms with Crippen LogP contribution in [0.3, 0.4) is 0 Å². The predicted octanol–water partition coefficient (Wildman–Crippen LogP) is 5.11. The Morgan fingerprint density at radius 2 is 1.54 bits per heavy atom. The summed E-state index contributed by atoms with van der Waals surface area (Å²) in [5, 5.41) is 2.77. The van der Waals surface area contributed by atoms with Crippen LogP contribution in [0.15, 0.2) is 72.8 Å². The van der Waals surface area contributed by atoms with Gasteiger partial charge in [-0.3, -0.25) is 9.59 Å². The number of hydrogen-bond donors (Lipinski definition) is 1. The van der Waals surface area contributed by atoms with E-state index in [0.717, 1.165) is 22.3 Å². The predicted molar refractivity (Wildman–Crippen MR) is 147 cm³/mol. The largest absolute Gasteiger partial charge is 0.490 e. The van der Waals surface area contributed by atoms with E-state index in [0.29, 0.717) is 44.1 Å². The number of likely N-dealkylation sites (N-methyl/N-ethyl adjacent to an activating group) is 1. The molecular formula is C31H38N2O4. The lowest BCUT2D eigenvalue weighted by Gasteiger charge is -2.31. The molecule has 3 rings (SSSR count). The first-order chi connectivity index (χ1) is 17.9. The molecule has 0 radical (unpaired) electrons. The molecule has 3 aromatic rings. The van der Waals surface area contributed by atoms with Crippen LogP contribution in [-0.4, -0.2) is 43.0 Å². The molecule has 0 saturated carbocycles. The van der Waals surface area contributed by atoms with Crippen LogP contribution in [0.2, 0.25) is 0 Å². The lowest BCUT2D eigenvalue weighted by atomic mass is 10.0. The number of amides is 2. The number of ether oxygens (including phenoxy) is 2. The summed E-state index contributed by atoms with van der Waals surface area (Å²) in [7, 11) is 1.62. The van der Waals surface area contributed by atoms with Gasteiger partial charge in [-0.1, -0.05) is 66.2 Å². The van der Waals surface area contributed by atoms with E-state index in [1.165, 1.54) is 0 Å². The average molecular weight is 503 g/mol. The Kier molecular flexibility index (Phi) is 10.6. The fourth-order valence-electron chi connectivity index (χ4n) is 4.37. The molecule has 196 valence electrons. The van der Waals surface area contributed by atoms with E-state index < -0.39 is 6.04 Å². The number of carbonyl (C=O) groups is 2. The minimum absolute atomic E-state index is 0.0714. The standard InChI is InChI=1S/C31H38N2O4/c1-5-36-28-17-15-25(21-29(28)37-6-2)16-18-30(34)33(22-26-14-10-11-23(3)19-26)27(31(35)32-4)20-24-12-8-7-9-13-24/h7-15,17,19,21,27H,5-6,16,18,20,22H2,1-4H3,(H,32,35)/t27-/m0/s1. The fraction of sp³-hybridized carbons (Fsp3) is 0.355. The van der Waals surface area contributed by atoms with Gasteiger partial charge in [0.25, 0.3) is 0 Å². The van der Waals surface area contributed by atoms with Gasteiger partial charge in [-0.2, -0.15) is 0 Å². The van der Waals surface area contributed by atoms with Crippen molar-refractivity contribution in [1.82, 2.24) is 10.2 Å². The molecule has 6 heteroatoms. The highest BCUT2D eigenvalue weighted by Gasteiger charge is 2.29. The molecule has 1 atom stereocenters. The first-order valence-electron chi connectivity index (χ1n) is 12.9. The molecule has 0 aliphatic carbocycles. The summed E-state index contributed by atoms with van der Waals surface area (Å²) in [6.07, 6.45) is 1.24. The normalized spacial score (nSPS) is 11.5. The third-order valence-electron chi connectivity index (χ3n) is 6.19. The molecule has 0 fully saturated rings. The number of carbonyl (C=O) groups excluding carboxylic acids is 2. The minimum atomic E-state index is -0.625. The molecule has 6 nitrogen and oxygen atoms in total. The molecule has 2 amide bonds. The second-order valence-electron chi connectivity index (χ2n) is 8.98. The van der Waals surface area contributed by atoms with Crippen molar-refractivity contribution in [3.05, 3.63) is 95.1 Å². The van der Waals surface area contributed by atoms with E-state index in [9.17, 15) is 9.59 Å². The van der Waals surface area contributed by atoms with Gasteiger partial charge in [0.15, 0.2) is 11.5 Å². The Hall–Kier alpha value is -3.80. The van der Waals surface area contributed by atoms with Gasteiger partial charge in [-0.25, -0.2) is 0 Å². The Labute approximate surface area is 220 Å². The quantitative estimate of drug-likeness (QED) is 0.353. The Bertz CT molecular complexity index is 1160. The minimum Gasteiger partial charge on any atom is -0.490 e. The molecule has 0 aliphatic heterocycles. The summed E-state index contributed by atoms with van der Waals surface area (Å²) in [6, 6.07) is 23.0. The average Bonchev–Trinajstić information content (AvgIpc) is 2.91. The molecule has 0 aliphatic rings. The van der Waals surface area contributed by atoms with Crippen molar-refractivity contribution in [2.75, 3.05) is 20.3 Å². The van der Waals surface area contributed by atoms with Crippen molar-refractivity contribution >= 4 is 11.8 Å². The van der Waals surface area contributed by atoms with Crippen molar-refractivity contribution in [2.24, 2.45) is 0 Å². The monoisotopic (exact) mass is 502 g/mol. The van der Waals surface area contributed by atoms with Crippen LogP contribution < -0.4 is 14.8 Å². The molecule has 0 heterocycles. The summed E-state index contributed by atoms with van der Waals surface area (Å²) < 4.78 is 11.4. The van der Waals surface area contributed by atoms with E-state index in [1.807, 2.05) is 87.5 Å². The highest BCUT2D eigenvalue weighted by atomic mass is 16.5. The zero-order chi connectivity index (χ0) is 26.6. The zero-order valence-electron chi connectivity index (χ0n) is 22.3. The van der Waals surface area contributed by atoms with E-state index in [4.69, 9.17) is 9.47 Å². The number of nitrogens with zero attached hydrogens (tertiary/aromatic N) is 1. The number of rotatable bonds is 13. The first kappa shape index (κ1) is 27.8. The number of benzene rings is 3. The molecule has 1 N–H and O–H groups in total. The van der Waals surface area contributed by atoms with Crippen molar-refractivity contribution in [2.45, 2.75) is 52.6 Å². The van der Waals surface area contributed by atoms with Crippen LogP contribution >= 0.6 is 0 Å². The number of aryl methyl sites for hydroxylation is 2. The van der Waals surface area contributed by atoms with E-state index >= 15 is 0 Å². The van der Waals surface area contributed by atoms with Crippen LogP contribution in [0.25, 0.3) is 0 Å². The summed E-state index contributed by atoms with van der Waals surface area (Å²) in [5.74, 6) is 1.13. The maximum atomic E-state index is 13.7. The SMILES string of the molecule is CCOc1ccc(CCC(=O)N(Cc2cccc(C)c2)[C@@H](Cc2ccccc2)C(=O)NC)cc1OCC. The van der Waals surface area contributed by atoms with Crippen molar-refractivity contribution in [3.63, 3.8) is 0 Å². The van der Waals surface area contributed by atoms with Gasteiger partial charge in [0, 0.05) is 26.4 Å². The molecule has 0 spiro atoms. The third-order valence-corrected chi connectivity index (χ3v) is 6.19. The van der Waals surface area contributed by atoms with Crippen molar-refractivity contribution in [1.29, 1.82) is 0 Å². The zero-order valence-corrected chi connectivity index (χ0v) is 22.3. The fourth-order valence-corrected chi connectivity index (χ4v) is 4.37. The summed E-state index contributed by atoms with van der Waals surface area (Å²) in [4.78, 5) is 28.5.